The van der Waals surface area contributed by atoms with Crippen molar-refractivity contribution in [3.05, 3.63) is 71.8 Å². The van der Waals surface area contributed by atoms with Gasteiger partial charge in [-0.2, -0.15) is 0 Å². The normalized spacial score (nSPS) is 10.7. The van der Waals surface area contributed by atoms with E-state index in [1.54, 1.807) is 31.2 Å². The lowest BCUT2D eigenvalue weighted by molar-refractivity contribution is -0.117. The third-order valence-corrected chi connectivity index (χ3v) is 6.61. The highest BCUT2D eigenvalue weighted by Gasteiger charge is 2.24. The van der Waals surface area contributed by atoms with Crippen molar-refractivity contribution in [2.24, 2.45) is 0 Å². The molecule has 0 spiro atoms. The summed E-state index contributed by atoms with van der Waals surface area (Å²) in [5, 5.41) is 3.23. The molecule has 35 heavy (non-hydrogen) atoms. The molecule has 0 atom stereocenters. The molecule has 0 saturated heterocycles. The first-order valence-corrected chi connectivity index (χ1v) is 13.2. The highest BCUT2D eigenvalue weighted by atomic mass is 32.2. The summed E-state index contributed by atoms with van der Waals surface area (Å²) >= 11 is 2.73. The molecule has 3 rings (SSSR count). The second-order valence-electron chi connectivity index (χ2n) is 7.90. The van der Waals surface area contributed by atoms with Gasteiger partial charge in [0.15, 0.2) is 0 Å². The average molecular weight is 512 g/mol. The number of amides is 2. The zero-order chi connectivity index (χ0) is 25.4. The summed E-state index contributed by atoms with van der Waals surface area (Å²) in [6, 6.07) is 18.3. The third-order valence-electron chi connectivity index (χ3n) is 5.07. The van der Waals surface area contributed by atoms with E-state index in [9.17, 15) is 14.4 Å². The molecule has 2 amide bonds. The molecule has 0 aliphatic carbocycles. The van der Waals surface area contributed by atoms with Crippen molar-refractivity contribution in [2.45, 2.75) is 26.8 Å². The van der Waals surface area contributed by atoms with Crippen LogP contribution in [0, 0.1) is 0 Å². The maximum absolute atomic E-state index is 13.2. The van der Waals surface area contributed by atoms with Crippen LogP contribution in [0.25, 0.3) is 10.4 Å². The number of nitrogens with zero attached hydrogens (tertiary/aromatic N) is 1. The molecular formula is C26H29N3O4S2. The number of ether oxygens (including phenoxy) is 1. The average Bonchev–Trinajstić information content (AvgIpc) is 3.27. The summed E-state index contributed by atoms with van der Waals surface area (Å²) in [7, 11) is 0. The lowest BCUT2D eigenvalue weighted by Gasteiger charge is -2.26. The van der Waals surface area contributed by atoms with Crippen LogP contribution in [-0.4, -0.2) is 48.1 Å². The van der Waals surface area contributed by atoms with E-state index < -0.39 is 11.9 Å². The molecule has 184 valence electrons. The summed E-state index contributed by atoms with van der Waals surface area (Å²) < 4.78 is 8.30. The van der Waals surface area contributed by atoms with Gasteiger partial charge in [0.1, 0.15) is 11.5 Å². The minimum Gasteiger partial charge on any atom is -0.462 e. The van der Waals surface area contributed by atoms with Crippen LogP contribution in [0.2, 0.25) is 0 Å². The summed E-state index contributed by atoms with van der Waals surface area (Å²) in [5.41, 5.74) is 2.52. The van der Waals surface area contributed by atoms with Crippen LogP contribution in [-0.2, 0) is 9.53 Å². The number of thiophene rings is 1. The first-order chi connectivity index (χ1) is 16.8. The predicted molar refractivity (Wildman–Crippen MR) is 144 cm³/mol. The molecule has 9 heteroatoms. The Bertz CT molecular complexity index is 1180. The van der Waals surface area contributed by atoms with E-state index in [1.165, 1.54) is 28.2 Å². The fourth-order valence-electron chi connectivity index (χ4n) is 3.40. The molecule has 1 aromatic heterocycles. The Morgan fingerprint density at radius 2 is 1.80 bits per heavy atom. The second kappa shape index (κ2) is 12.4. The summed E-state index contributed by atoms with van der Waals surface area (Å²) in [5.74, 6) is -1.14. The monoisotopic (exact) mass is 511 g/mol. The zero-order valence-corrected chi connectivity index (χ0v) is 21.8. The molecule has 0 aliphatic rings. The minimum absolute atomic E-state index is 0.155. The van der Waals surface area contributed by atoms with Crippen LogP contribution in [0.5, 0.6) is 0 Å². The van der Waals surface area contributed by atoms with Crippen molar-refractivity contribution in [3.8, 4) is 10.4 Å². The Balaban J connectivity index is 1.82. The molecule has 7 nitrogen and oxygen atoms in total. The number of carbonyl (C=O) groups excluding carboxylic acids is 3. The predicted octanol–water partition coefficient (Wildman–Crippen LogP) is 5.77. The van der Waals surface area contributed by atoms with E-state index in [0.717, 1.165) is 16.1 Å². The number of rotatable bonds is 10. The highest BCUT2D eigenvalue weighted by molar-refractivity contribution is 7.99. The van der Waals surface area contributed by atoms with E-state index in [4.69, 9.17) is 4.74 Å². The highest BCUT2D eigenvalue weighted by Crippen LogP contribution is 2.36. The number of hydrogen-bond acceptors (Lipinski definition) is 7. The van der Waals surface area contributed by atoms with Crippen molar-refractivity contribution >= 4 is 51.8 Å². The van der Waals surface area contributed by atoms with Gasteiger partial charge in [0, 0.05) is 28.4 Å². The van der Waals surface area contributed by atoms with Crippen LogP contribution in [0.4, 0.5) is 10.7 Å². The van der Waals surface area contributed by atoms with E-state index in [2.05, 4.69) is 10.0 Å². The second-order valence-corrected chi connectivity index (χ2v) is 9.57. The molecule has 0 unspecified atom stereocenters. The first kappa shape index (κ1) is 26.3. The minimum atomic E-state index is -0.504. The van der Waals surface area contributed by atoms with Crippen LogP contribution in [0.15, 0.2) is 60.7 Å². The molecule has 1 heterocycles. The topological polar surface area (TPSA) is 87.7 Å². The molecule has 0 radical (unpaired) electrons. The number of anilines is 2. The Hall–Kier alpha value is -3.30. The van der Waals surface area contributed by atoms with Crippen molar-refractivity contribution in [3.63, 3.8) is 0 Å². The van der Waals surface area contributed by atoms with Crippen LogP contribution in [0.3, 0.4) is 0 Å². The number of benzene rings is 2. The van der Waals surface area contributed by atoms with Gasteiger partial charge >= 0.3 is 5.97 Å². The van der Waals surface area contributed by atoms with E-state index in [0.29, 0.717) is 16.1 Å². The fourth-order valence-corrected chi connectivity index (χ4v) is 4.83. The third kappa shape index (κ3) is 6.86. The van der Waals surface area contributed by atoms with Crippen molar-refractivity contribution in [2.75, 3.05) is 29.4 Å². The number of esters is 1. The van der Waals surface area contributed by atoms with Crippen molar-refractivity contribution in [1.82, 2.24) is 4.90 Å². The molecule has 2 aromatic carbocycles. The standard InChI is InChI=1S/C26H29N3O4S2/c1-5-33-26(32)21-15-22(18-10-7-6-8-11-18)35-24(21)27-23(30)16-29(17(2)3)25(31)19-12-9-13-20(14-19)28-34-4/h6-15,17,28H,5,16H2,1-4H3,(H,27,30). The molecule has 3 aromatic rings. The van der Waals surface area contributed by atoms with E-state index in [1.807, 2.05) is 56.5 Å². The zero-order valence-electron chi connectivity index (χ0n) is 20.2. The molecular weight excluding hydrogens is 482 g/mol. The van der Waals surface area contributed by atoms with Crippen LogP contribution >= 0.6 is 23.3 Å². The Morgan fingerprint density at radius 1 is 1.06 bits per heavy atom. The van der Waals surface area contributed by atoms with Crippen LogP contribution < -0.4 is 10.0 Å². The van der Waals surface area contributed by atoms with Gasteiger partial charge in [0.25, 0.3) is 5.91 Å². The largest absolute Gasteiger partial charge is 0.462 e. The SMILES string of the molecule is CCOC(=O)c1cc(-c2ccccc2)sc1NC(=O)CN(C(=O)c1cccc(NSC)c1)C(C)C. The number of carbonyl (C=O) groups is 3. The maximum atomic E-state index is 13.2. The molecule has 0 fully saturated rings. The Kier molecular flexibility index (Phi) is 9.33. The lowest BCUT2D eigenvalue weighted by Crippen LogP contribution is -2.42. The van der Waals surface area contributed by atoms with Crippen molar-refractivity contribution < 1.29 is 19.1 Å². The van der Waals surface area contributed by atoms with E-state index in [-0.39, 0.29) is 25.1 Å². The molecule has 0 aliphatic heterocycles. The lowest BCUT2D eigenvalue weighted by atomic mass is 10.1. The van der Waals surface area contributed by atoms with Gasteiger partial charge < -0.3 is 19.7 Å². The molecule has 2 N–H and O–H groups in total. The number of nitrogens with one attached hydrogen (secondary N) is 2. The maximum Gasteiger partial charge on any atom is 0.341 e. The molecule has 0 saturated carbocycles. The molecule has 0 bridgehead atoms. The first-order valence-electron chi connectivity index (χ1n) is 11.2. The van der Waals surface area contributed by atoms with Crippen molar-refractivity contribution in [1.29, 1.82) is 0 Å². The summed E-state index contributed by atoms with van der Waals surface area (Å²) in [4.78, 5) is 41.2. The van der Waals surface area contributed by atoms with Gasteiger partial charge in [-0.15, -0.1) is 11.3 Å². The Morgan fingerprint density at radius 3 is 2.46 bits per heavy atom. The fraction of sp³-hybridized carbons (Fsp3) is 0.269. The van der Waals surface area contributed by atoms with Gasteiger partial charge in [0.05, 0.1) is 12.2 Å². The van der Waals surface area contributed by atoms with Gasteiger partial charge in [0.2, 0.25) is 5.91 Å². The van der Waals surface area contributed by atoms with Crippen LogP contribution in [0.1, 0.15) is 41.5 Å². The van der Waals surface area contributed by atoms with E-state index >= 15 is 0 Å². The quantitative estimate of drug-likeness (QED) is 0.265. The van der Waals surface area contributed by atoms with Gasteiger partial charge in [-0.3, -0.25) is 9.59 Å². The number of hydrogen-bond donors (Lipinski definition) is 2. The van der Waals surface area contributed by atoms with Gasteiger partial charge in [-0.25, -0.2) is 4.79 Å². The van der Waals surface area contributed by atoms with Gasteiger partial charge in [-0.05, 0) is 50.6 Å². The smallest absolute Gasteiger partial charge is 0.341 e. The summed E-state index contributed by atoms with van der Waals surface area (Å²) in [6.45, 7) is 5.52. The van der Waals surface area contributed by atoms with Gasteiger partial charge in [-0.1, -0.05) is 48.3 Å². The Labute approximate surface area is 214 Å². The summed E-state index contributed by atoms with van der Waals surface area (Å²) in [6.07, 6.45) is 1.90.